The molecule has 3 N–H and O–H groups in total. The van der Waals surface area contributed by atoms with E-state index in [0.717, 1.165) is 25.7 Å². The number of rotatable bonds is 8. The second kappa shape index (κ2) is 8.25. The number of carboxylic acid groups (broad SMARTS) is 1. The number of carbonyl (C=O) groups is 2. The highest BCUT2D eigenvalue weighted by Crippen LogP contribution is 2.42. The first-order valence-corrected chi connectivity index (χ1v) is 8.16. The van der Waals surface area contributed by atoms with E-state index in [4.69, 9.17) is 5.11 Å². The van der Waals surface area contributed by atoms with Crippen LogP contribution < -0.4 is 10.6 Å². The first-order valence-electron chi connectivity index (χ1n) is 8.16. The Morgan fingerprint density at radius 1 is 1.24 bits per heavy atom. The maximum Gasteiger partial charge on any atom is 0.326 e. The van der Waals surface area contributed by atoms with Crippen LogP contribution >= 0.6 is 0 Å². The maximum absolute atomic E-state index is 11.9. The molecule has 0 bridgehead atoms. The summed E-state index contributed by atoms with van der Waals surface area (Å²) < 4.78 is 0. The Balaban J connectivity index is 2.48. The maximum atomic E-state index is 11.9. The first-order chi connectivity index (χ1) is 9.88. The molecule has 0 aliphatic heterocycles. The zero-order valence-corrected chi connectivity index (χ0v) is 13.6. The summed E-state index contributed by atoms with van der Waals surface area (Å²) in [5, 5.41) is 14.5. The van der Waals surface area contributed by atoms with Gasteiger partial charge in [0.2, 0.25) is 0 Å². The van der Waals surface area contributed by atoms with Gasteiger partial charge in [-0.2, -0.15) is 0 Å². The van der Waals surface area contributed by atoms with Crippen LogP contribution in [0, 0.1) is 11.3 Å². The number of hydrogen-bond acceptors (Lipinski definition) is 2. The molecule has 0 aromatic carbocycles. The van der Waals surface area contributed by atoms with Crippen molar-refractivity contribution in [2.75, 3.05) is 6.54 Å². The highest BCUT2D eigenvalue weighted by molar-refractivity contribution is 5.82. The van der Waals surface area contributed by atoms with E-state index in [1.807, 2.05) is 6.92 Å². The SMILES string of the molecule is CCCC(NC(=O)NCC1(CC(C)C)CCCC1)C(=O)O. The van der Waals surface area contributed by atoms with Crippen LogP contribution in [0.3, 0.4) is 0 Å². The molecule has 5 nitrogen and oxygen atoms in total. The van der Waals surface area contributed by atoms with Crippen LogP contribution in [0.25, 0.3) is 0 Å². The third kappa shape index (κ3) is 5.94. The van der Waals surface area contributed by atoms with Gasteiger partial charge in [0.1, 0.15) is 6.04 Å². The number of carboxylic acids is 1. The van der Waals surface area contributed by atoms with Crippen molar-refractivity contribution in [2.24, 2.45) is 11.3 Å². The van der Waals surface area contributed by atoms with Crippen LogP contribution in [0.4, 0.5) is 4.79 Å². The largest absolute Gasteiger partial charge is 0.480 e. The summed E-state index contributed by atoms with van der Waals surface area (Å²) in [6.45, 7) is 6.98. The van der Waals surface area contributed by atoms with Gasteiger partial charge in [-0.3, -0.25) is 0 Å². The van der Waals surface area contributed by atoms with Gasteiger partial charge < -0.3 is 15.7 Å². The van der Waals surface area contributed by atoms with Gasteiger partial charge >= 0.3 is 12.0 Å². The van der Waals surface area contributed by atoms with Crippen LogP contribution in [-0.4, -0.2) is 29.7 Å². The number of amides is 2. The molecule has 1 fully saturated rings. The number of nitrogens with one attached hydrogen (secondary N) is 2. The van der Waals surface area contributed by atoms with E-state index in [-0.39, 0.29) is 11.4 Å². The second-order valence-electron chi connectivity index (χ2n) is 6.81. The minimum absolute atomic E-state index is 0.203. The molecule has 1 aliphatic rings. The van der Waals surface area contributed by atoms with Gasteiger partial charge in [0, 0.05) is 6.54 Å². The Hall–Kier alpha value is -1.26. The van der Waals surface area contributed by atoms with Crippen LogP contribution in [-0.2, 0) is 4.79 Å². The van der Waals surface area contributed by atoms with Crippen LogP contribution in [0.15, 0.2) is 0 Å². The quantitative estimate of drug-likeness (QED) is 0.644. The lowest BCUT2D eigenvalue weighted by molar-refractivity contribution is -0.139. The monoisotopic (exact) mass is 298 g/mol. The predicted octanol–water partition coefficient (Wildman–Crippen LogP) is 3.15. The molecular formula is C16H30N2O3. The Kier molecular flexibility index (Phi) is 6.99. The molecule has 2 amide bonds. The van der Waals surface area contributed by atoms with E-state index in [2.05, 4.69) is 24.5 Å². The number of carbonyl (C=O) groups excluding carboxylic acids is 1. The van der Waals surface area contributed by atoms with Crippen molar-refractivity contribution in [3.05, 3.63) is 0 Å². The van der Waals surface area contributed by atoms with Crippen molar-refractivity contribution < 1.29 is 14.7 Å². The molecule has 0 spiro atoms. The summed E-state index contributed by atoms with van der Waals surface area (Å²) in [5.74, 6) is -0.357. The average Bonchev–Trinajstić information content (AvgIpc) is 2.84. The van der Waals surface area contributed by atoms with Crippen molar-refractivity contribution in [2.45, 2.75) is 71.8 Å². The van der Waals surface area contributed by atoms with Crippen molar-refractivity contribution in [3.63, 3.8) is 0 Å². The van der Waals surface area contributed by atoms with E-state index in [0.29, 0.717) is 18.9 Å². The molecule has 21 heavy (non-hydrogen) atoms. The molecule has 5 heteroatoms. The van der Waals surface area contributed by atoms with Crippen LogP contribution in [0.1, 0.15) is 65.7 Å². The van der Waals surface area contributed by atoms with Gasteiger partial charge in [-0.25, -0.2) is 9.59 Å². The molecule has 1 unspecified atom stereocenters. The molecule has 1 saturated carbocycles. The van der Waals surface area contributed by atoms with E-state index in [1.54, 1.807) is 0 Å². The van der Waals surface area contributed by atoms with Crippen LogP contribution in [0.2, 0.25) is 0 Å². The van der Waals surface area contributed by atoms with E-state index >= 15 is 0 Å². The van der Waals surface area contributed by atoms with E-state index in [9.17, 15) is 9.59 Å². The zero-order valence-electron chi connectivity index (χ0n) is 13.6. The smallest absolute Gasteiger partial charge is 0.326 e. The summed E-state index contributed by atoms with van der Waals surface area (Å²) in [5.41, 5.74) is 0.203. The summed E-state index contributed by atoms with van der Waals surface area (Å²) in [4.78, 5) is 23.0. The Morgan fingerprint density at radius 2 is 1.86 bits per heavy atom. The number of hydrogen-bond donors (Lipinski definition) is 3. The Labute approximate surface area is 127 Å². The van der Waals surface area contributed by atoms with Gasteiger partial charge in [0.05, 0.1) is 0 Å². The van der Waals surface area contributed by atoms with Gasteiger partial charge in [-0.1, -0.05) is 40.0 Å². The van der Waals surface area contributed by atoms with Gasteiger partial charge in [0.25, 0.3) is 0 Å². The van der Waals surface area contributed by atoms with Crippen molar-refractivity contribution in [3.8, 4) is 0 Å². The van der Waals surface area contributed by atoms with E-state index in [1.165, 1.54) is 12.8 Å². The first kappa shape index (κ1) is 17.8. The predicted molar refractivity (Wildman–Crippen MR) is 83.2 cm³/mol. The van der Waals surface area contributed by atoms with Crippen molar-refractivity contribution in [1.29, 1.82) is 0 Å². The third-order valence-corrected chi connectivity index (χ3v) is 4.31. The second-order valence-corrected chi connectivity index (χ2v) is 6.81. The highest BCUT2D eigenvalue weighted by atomic mass is 16.4. The summed E-state index contributed by atoms with van der Waals surface area (Å²) in [7, 11) is 0. The molecule has 1 atom stereocenters. The Bertz CT molecular complexity index is 349. The van der Waals surface area contributed by atoms with E-state index < -0.39 is 12.0 Å². The normalized spacial score (nSPS) is 18.5. The standard InChI is InChI=1S/C16H30N2O3/c1-4-7-13(14(19)20)18-15(21)17-11-16(10-12(2)3)8-5-6-9-16/h12-13H,4-11H2,1-3H3,(H,19,20)(H2,17,18,21). The lowest BCUT2D eigenvalue weighted by Crippen LogP contribution is -2.48. The average molecular weight is 298 g/mol. The minimum Gasteiger partial charge on any atom is -0.480 e. The van der Waals surface area contributed by atoms with Crippen molar-refractivity contribution >= 4 is 12.0 Å². The molecular weight excluding hydrogens is 268 g/mol. The zero-order chi connectivity index (χ0) is 15.9. The van der Waals surface area contributed by atoms with Crippen molar-refractivity contribution in [1.82, 2.24) is 10.6 Å². The molecule has 0 saturated heterocycles. The minimum atomic E-state index is -0.968. The Morgan fingerprint density at radius 3 is 2.33 bits per heavy atom. The number of aliphatic carboxylic acids is 1. The van der Waals surface area contributed by atoms with Crippen LogP contribution in [0.5, 0.6) is 0 Å². The fourth-order valence-corrected chi connectivity index (χ4v) is 3.47. The summed E-state index contributed by atoms with van der Waals surface area (Å²) in [6, 6.07) is -1.15. The fourth-order valence-electron chi connectivity index (χ4n) is 3.47. The molecule has 1 rings (SSSR count). The molecule has 122 valence electrons. The molecule has 0 heterocycles. The topological polar surface area (TPSA) is 78.4 Å². The summed E-state index contributed by atoms with van der Waals surface area (Å²) >= 11 is 0. The lowest BCUT2D eigenvalue weighted by Gasteiger charge is -2.31. The molecule has 1 aliphatic carbocycles. The molecule has 0 aromatic rings. The highest BCUT2D eigenvalue weighted by Gasteiger charge is 2.34. The van der Waals surface area contributed by atoms with Gasteiger partial charge in [-0.05, 0) is 37.0 Å². The lowest BCUT2D eigenvalue weighted by atomic mass is 9.78. The van der Waals surface area contributed by atoms with Gasteiger partial charge in [-0.15, -0.1) is 0 Å². The fraction of sp³-hybridized carbons (Fsp3) is 0.875. The van der Waals surface area contributed by atoms with Gasteiger partial charge in [0.15, 0.2) is 0 Å². The third-order valence-electron chi connectivity index (χ3n) is 4.31. The molecule has 0 radical (unpaired) electrons. The number of urea groups is 1. The summed E-state index contributed by atoms with van der Waals surface area (Å²) in [6.07, 6.45) is 7.07. The molecule has 0 aromatic heterocycles.